The van der Waals surface area contributed by atoms with Gasteiger partial charge in [0.15, 0.2) is 0 Å². The molecule has 0 atom stereocenters. The number of carbonyl (C=O) groups excluding carboxylic acids is 1. The summed E-state index contributed by atoms with van der Waals surface area (Å²) >= 11 is 0. The number of nitrogens with zero attached hydrogens (tertiary/aromatic N) is 5. The molecule has 6 N–H and O–H groups in total. The van der Waals surface area contributed by atoms with Crippen molar-refractivity contribution in [3.63, 3.8) is 0 Å². The molecule has 0 radical (unpaired) electrons. The molecule has 2 aromatic rings. The number of hydrogen-bond donors (Lipinski definition) is 3. The summed E-state index contributed by atoms with van der Waals surface area (Å²) in [4.78, 5) is 29.3. The van der Waals surface area contributed by atoms with E-state index in [-0.39, 0.29) is 17.8 Å². The Balaban J connectivity index is 1.59. The van der Waals surface area contributed by atoms with Gasteiger partial charge in [-0.1, -0.05) is 6.07 Å². The monoisotopic (exact) mass is 409 g/mol. The van der Waals surface area contributed by atoms with Gasteiger partial charge in [0.05, 0.1) is 5.69 Å². The number of likely N-dealkylation sites (tertiary alicyclic amines) is 1. The standard InChI is InChI=1S/C21H28N8O/c1-28(2)17-10-13-29(14-11-17)19(30)15-6-8-16(9-7-15)25-20(22)27-21(23)26-18-5-3-4-12-24-18/h3-9,12,17H,10-11,13-14H2,1-2H3,(H5,22,23,24,25,26,27)/p+1. The number of amides is 1. The molecule has 1 aliphatic rings. The van der Waals surface area contributed by atoms with E-state index >= 15 is 0 Å². The van der Waals surface area contributed by atoms with Gasteiger partial charge in [-0.15, -0.1) is 4.99 Å². The Kier molecular flexibility index (Phi) is 7.10. The molecule has 0 bridgehead atoms. The second-order valence-electron chi connectivity index (χ2n) is 7.44. The largest absolute Gasteiger partial charge is 0.368 e. The molecule has 1 aromatic carbocycles. The third-order valence-corrected chi connectivity index (χ3v) is 5.07. The number of benzene rings is 1. The minimum atomic E-state index is 0.0320. The van der Waals surface area contributed by atoms with E-state index in [0.29, 0.717) is 23.1 Å². The molecule has 0 spiro atoms. The van der Waals surface area contributed by atoms with Gasteiger partial charge in [-0.05, 0) is 57.3 Å². The number of hydrogen-bond acceptors (Lipinski definition) is 4. The third-order valence-electron chi connectivity index (χ3n) is 5.07. The molecule has 9 nitrogen and oxygen atoms in total. The van der Waals surface area contributed by atoms with Gasteiger partial charge in [-0.25, -0.2) is 15.3 Å². The molecule has 3 rings (SSSR count). The van der Waals surface area contributed by atoms with Crippen LogP contribution >= 0.6 is 0 Å². The number of carbonyl (C=O) groups is 1. The molecule has 0 aliphatic carbocycles. The second kappa shape index (κ2) is 9.95. The minimum Gasteiger partial charge on any atom is -0.368 e. The number of nitrogens with two attached hydrogens (primary N) is 3. The van der Waals surface area contributed by atoms with Gasteiger partial charge in [-0.2, -0.15) is 0 Å². The van der Waals surface area contributed by atoms with Crippen LogP contribution in [0.1, 0.15) is 23.2 Å². The molecule has 1 aliphatic heterocycles. The number of aliphatic imine (C=N–C) groups is 2. The molecule has 1 amide bonds. The van der Waals surface area contributed by atoms with E-state index in [4.69, 9.17) is 11.5 Å². The molecular weight excluding hydrogens is 380 g/mol. The van der Waals surface area contributed by atoms with Crippen molar-refractivity contribution in [3.8, 4) is 0 Å². The lowest BCUT2D eigenvalue weighted by Gasteiger charge is -2.35. The van der Waals surface area contributed by atoms with Crippen LogP contribution < -0.4 is 16.8 Å². The van der Waals surface area contributed by atoms with E-state index in [1.165, 1.54) is 0 Å². The van der Waals surface area contributed by atoms with E-state index in [9.17, 15) is 4.79 Å². The topological polar surface area (TPSA) is 130 Å². The number of guanidine groups is 2. The van der Waals surface area contributed by atoms with E-state index in [2.05, 4.69) is 34.0 Å². The predicted octanol–water partition coefficient (Wildman–Crippen LogP) is 0.404. The van der Waals surface area contributed by atoms with Crippen molar-refractivity contribution in [3.05, 3.63) is 54.2 Å². The van der Waals surface area contributed by atoms with Crippen LogP contribution in [0.2, 0.25) is 0 Å². The highest BCUT2D eigenvalue weighted by Gasteiger charge is 2.24. The zero-order chi connectivity index (χ0) is 21.5. The van der Waals surface area contributed by atoms with Gasteiger partial charge in [0.2, 0.25) is 11.8 Å². The summed E-state index contributed by atoms with van der Waals surface area (Å²) in [6, 6.07) is 13.1. The Hall–Kier alpha value is -3.30. The van der Waals surface area contributed by atoms with Crippen molar-refractivity contribution in [2.75, 3.05) is 27.2 Å². The number of piperidine rings is 1. The van der Waals surface area contributed by atoms with Crippen LogP contribution in [0.3, 0.4) is 0 Å². The van der Waals surface area contributed by atoms with Crippen molar-refractivity contribution < 1.29 is 10.1 Å². The fourth-order valence-electron chi connectivity index (χ4n) is 3.38. The van der Waals surface area contributed by atoms with Crippen LogP contribution in [-0.2, 0) is 0 Å². The third kappa shape index (κ3) is 5.85. The van der Waals surface area contributed by atoms with E-state index in [1.807, 2.05) is 23.1 Å². The normalized spacial score (nSPS) is 16.2. The Morgan fingerprint density at radius 2 is 1.83 bits per heavy atom. The number of aromatic nitrogens is 1. The molecule has 0 saturated carbocycles. The average Bonchev–Trinajstić information content (AvgIpc) is 2.74. The number of pyridine rings is 1. The zero-order valence-electron chi connectivity index (χ0n) is 17.4. The van der Waals surface area contributed by atoms with E-state index in [1.54, 1.807) is 35.8 Å². The Bertz CT molecular complexity index is 900. The van der Waals surface area contributed by atoms with Crippen LogP contribution in [0.5, 0.6) is 0 Å². The molecule has 1 saturated heterocycles. The lowest BCUT2D eigenvalue weighted by Crippen LogP contribution is -2.85. The molecule has 9 heteroatoms. The Morgan fingerprint density at radius 1 is 1.13 bits per heavy atom. The van der Waals surface area contributed by atoms with Crippen LogP contribution in [0, 0.1) is 0 Å². The van der Waals surface area contributed by atoms with Crippen molar-refractivity contribution in [2.45, 2.75) is 18.9 Å². The molecule has 30 heavy (non-hydrogen) atoms. The van der Waals surface area contributed by atoms with Gasteiger partial charge < -0.3 is 21.3 Å². The van der Waals surface area contributed by atoms with Crippen LogP contribution in [0.15, 0.2) is 58.6 Å². The quantitative estimate of drug-likeness (QED) is 0.497. The SMILES string of the molecule is CN(C)C1CCN(C(=O)c2ccc(N=C(N)N=C(N)[NH2+]c3ccccn3)cc2)CC1. The second-order valence-corrected chi connectivity index (χ2v) is 7.44. The molecular formula is C21H29N8O+. The summed E-state index contributed by atoms with van der Waals surface area (Å²) in [5, 5.41) is 1.61. The maximum Gasteiger partial charge on any atom is 0.306 e. The average molecular weight is 410 g/mol. The Morgan fingerprint density at radius 3 is 2.43 bits per heavy atom. The van der Waals surface area contributed by atoms with Gasteiger partial charge in [-0.3, -0.25) is 4.79 Å². The lowest BCUT2D eigenvalue weighted by atomic mass is 10.0. The van der Waals surface area contributed by atoms with Crippen LogP contribution in [0.4, 0.5) is 11.5 Å². The first-order chi connectivity index (χ1) is 14.4. The molecule has 158 valence electrons. The van der Waals surface area contributed by atoms with Gasteiger partial charge in [0.25, 0.3) is 5.91 Å². The predicted molar refractivity (Wildman–Crippen MR) is 118 cm³/mol. The van der Waals surface area contributed by atoms with Gasteiger partial charge in [0, 0.05) is 37.0 Å². The fourth-order valence-corrected chi connectivity index (χ4v) is 3.38. The first-order valence-corrected chi connectivity index (χ1v) is 9.92. The van der Waals surface area contributed by atoms with Crippen molar-refractivity contribution in [2.24, 2.45) is 21.5 Å². The smallest absolute Gasteiger partial charge is 0.306 e. The van der Waals surface area contributed by atoms with Crippen molar-refractivity contribution >= 4 is 29.3 Å². The highest BCUT2D eigenvalue weighted by molar-refractivity contribution is 5.95. The van der Waals surface area contributed by atoms with Gasteiger partial charge in [0.1, 0.15) is 0 Å². The maximum absolute atomic E-state index is 12.7. The first-order valence-electron chi connectivity index (χ1n) is 9.92. The lowest BCUT2D eigenvalue weighted by molar-refractivity contribution is -0.450. The summed E-state index contributed by atoms with van der Waals surface area (Å²) in [6.07, 6.45) is 3.66. The highest BCUT2D eigenvalue weighted by Crippen LogP contribution is 2.19. The highest BCUT2D eigenvalue weighted by atomic mass is 16.2. The maximum atomic E-state index is 12.7. The molecule has 2 heterocycles. The summed E-state index contributed by atoms with van der Waals surface area (Å²) in [7, 11) is 4.17. The van der Waals surface area contributed by atoms with Crippen molar-refractivity contribution in [1.29, 1.82) is 0 Å². The van der Waals surface area contributed by atoms with Crippen LogP contribution in [0.25, 0.3) is 0 Å². The molecule has 0 unspecified atom stereocenters. The van der Waals surface area contributed by atoms with Crippen molar-refractivity contribution in [1.82, 2.24) is 14.8 Å². The minimum absolute atomic E-state index is 0.0320. The summed E-state index contributed by atoms with van der Waals surface area (Å²) in [5.41, 5.74) is 13.0. The molecule has 1 aromatic heterocycles. The summed E-state index contributed by atoms with van der Waals surface area (Å²) < 4.78 is 0. The van der Waals surface area contributed by atoms with Crippen LogP contribution in [-0.4, -0.2) is 65.8 Å². The first kappa shape index (κ1) is 21.4. The van der Waals surface area contributed by atoms with Gasteiger partial charge >= 0.3 is 5.96 Å². The van der Waals surface area contributed by atoms with E-state index < -0.39 is 0 Å². The summed E-state index contributed by atoms with van der Waals surface area (Å²) in [6.45, 7) is 1.55. The Labute approximate surface area is 176 Å². The zero-order valence-corrected chi connectivity index (χ0v) is 17.4. The molecule has 1 fully saturated rings. The summed E-state index contributed by atoms with van der Waals surface area (Å²) in [5.74, 6) is 0.972. The number of rotatable bonds is 4. The van der Waals surface area contributed by atoms with E-state index in [0.717, 1.165) is 25.9 Å². The fraction of sp³-hybridized carbons (Fsp3) is 0.333. The number of quaternary nitrogens is 1.